The number of benzene rings is 2. The number of para-hydroxylation sites is 1. The first kappa shape index (κ1) is 28.6. The van der Waals surface area contributed by atoms with E-state index in [0.29, 0.717) is 23.4 Å². The number of amides is 1. The smallest absolute Gasteiger partial charge is 0.416 e. The molecule has 0 aliphatic carbocycles. The number of aromatic nitrogens is 3. The third kappa shape index (κ3) is 7.50. The van der Waals surface area contributed by atoms with Gasteiger partial charge < -0.3 is 14.6 Å². The maximum absolute atomic E-state index is 13.0. The molecule has 1 amide bonds. The van der Waals surface area contributed by atoms with Crippen molar-refractivity contribution in [3.63, 3.8) is 0 Å². The zero-order valence-corrected chi connectivity index (χ0v) is 22.7. The second-order valence-corrected chi connectivity index (χ2v) is 10.9. The Balaban J connectivity index is 1.78. The van der Waals surface area contributed by atoms with E-state index in [-0.39, 0.29) is 11.6 Å². The summed E-state index contributed by atoms with van der Waals surface area (Å²) in [6, 6.07) is 12.5. The molecule has 1 N–H and O–H groups in total. The fourth-order valence-electron chi connectivity index (χ4n) is 3.76. The summed E-state index contributed by atoms with van der Waals surface area (Å²) < 4.78 is 47.3. The molecule has 200 valence electrons. The number of hydrogen-bond donors (Lipinski definition) is 1. The van der Waals surface area contributed by atoms with Crippen LogP contribution in [0.25, 0.3) is 0 Å². The highest BCUT2D eigenvalue weighted by Gasteiger charge is 2.31. The van der Waals surface area contributed by atoms with Gasteiger partial charge in [-0.2, -0.15) is 13.2 Å². The van der Waals surface area contributed by atoms with Crippen molar-refractivity contribution in [3.8, 4) is 5.75 Å². The van der Waals surface area contributed by atoms with Gasteiger partial charge in [0.15, 0.2) is 17.1 Å². The highest BCUT2D eigenvalue weighted by atomic mass is 32.2. The number of hydrogen-bond acceptors (Lipinski definition) is 5. The Hall–Kier alpha value is -3.01. The first-order valence-electron chi connectivity index (χ1n) is 12.2. The first-order valence-corrected chi connectivity index (χ1v) is 13.1. The molecule has 3 aromatic rings. The topological polar surface area (TPSA) is 69.0 Å². The van der Waals surface area contributed by atoms with E-state index in [1.54, 1.807) is 6.92 Å². The third-order valence-electron chi connectivity index (χ3n) is 5.61. The number of carbonyl (C=O) groups excluding carboxylic acids is 1. The summed E-state index contributed by atoms with van der Waals surface area (Å²) in [6.07, 6.45) is -4.88. The zero-order chi connectivity index (χ0) is 27.3. The van der Waals surface area contributed by atoms with Crippen molar-refractivity contribution in [2.75, 3.05) is 5.32 Å². The van der Waals surface area contributed by atoms with Crippen LogP contribution in [0.1, 0.15) is 70.5 Å². The molecular formula is C27H33F3N4O2S. The summed E-state index contributed by atoms with van der Waals surface area (Å²) in [5, 5.41) is 11.2. The molecule has 1 aromatic heterocycles. The van der Waals surface area contributed by atoms with Crippen molar-refractivity contribution in [2.45, 2.75) is 76.7 Å². The van der Waals surface area contributed by atoms with E-state index in [1.807, 2.05) is 35.8 Å². The number of nitrogens with one attached hydrogen (secondary N) is 1. The molecule has 3 rings (SSSR count). The van der Waals surface area contributed by atoms with Gasteiger partial charge in [0, 0.05) is 12.2 Å². The van der Waals surface area contributed by atoms with Gasteiger partial charge in [-0.3, -0.25) is 4.79 Å². The Kier molecular flexibility index (Phi) is 9.28. The molecule has 2 atom stereocenters. The fraction of sp³-hybridized carbons (Fsp3) is 0.444. The van der Waals surface area contributed by atoms with Gasteiger partial charge in [-0.25, -0.2) is 0 Å². The zero-order valence-electron chi connectivity index (χ0n) is 21.8. The summed E-state index contributed by atoms with van der Waals surface area (Å²) >= 11 is 1.20. The van der Waals surface area contributed by atoms with Crippen molar-refractivity contribution in [1.82, 2.24) is 14.8 Å². The van der Waals surface area contributed by atoms with Gasteiger partial charge in [-0.05, 0) is 55.5 Å². The van der Waals surface area contributed by atoms with Crippen LogP contribution in [0, 0.1) is 5.92 Å². The van der Waals surface area contributed by atoms with Crippen molar-refractivity contribution in [1.29, 1.82) is 0 Å². The van der Waals surface area contributed by atoms with Gasteiger partial charge in [-0.1, -0.05) is 63.7 Å². The number of thioether (sulfide) groups is 1. The molecule has 0 spiro atoms. The number of anilines is 1. The summed E-state index contributed by atoms with van der Waals surface area (Å²) in [5.74, 6) is 1.56. The van der Waals surface area contributed by atoms with Crippen LogP contribution in [0.2, 0.25) is 0 Å². The van der Waals surface area contributed by atoms with Gasteiger partial charge in [0.2, 0.25) is 5.91 Å². The highest BCUT2D eigenvalue weighted by Crippen LogP contribution is 2.33. The van der Waals surface area contributed by atoms with E-state index in [2.05, 4.69) is 43.2 Å². The van der Waals surface area contributed by atoms with Crippen LogP contribution in [0.4, 0.5) is 18.9 Å². The van der Waals surface area contributed by atoms with Crippen LogP contribution in [0.15, 0.2) is 53.7 Å². The maximum atomic E-state index is 13.0. The molecule has 0 fully saturated rings. The number of nitrogens with zero attached hydrogens (tertiary/aromatic N) is 3. The van der Waals surface area contributed by atoms with Crippen molar-refractivity contribution in [2.24, 2.45) is 5.92 Å². The lowest BCUT2D eigenvalue weighted by Crippen LogP contribution is -2.23. The summed E-state index contributed by atoms with van der Waals surface area (Å²) in [4.78, 5) is 12.8. The molecule has 2 unspecified atom stereocenters. The van der Waals surface area contributed by atoms with Gasteiger partial charge in [0.1, 0.15) is 5.75 Å². The summed E-state index contributed by atoms with van der Waals surface area (Å²) in [6.45, 7) is 12.6. The monoisotopic (exact) mass is 534 g/mol. The molecule has 0 saturated heterocycles. The van der Waals surface area contributed by atoms with E-state index in [4.69, 9.17) is 4.74 Å². The van der Waals surface area contributed by atoms with Crippen molar-refractivity contribution in [3.05, 3.63) is 65.5 Å². The Morgan fingerprint density at radius 3 is 2.38 bits per heavy atom. The van der Waals surface area contributed by atoms with Crippen LogP contribution in [0.3, 0.4) is 0 Å². The Bertz CT molecular complexity index is 1210. The van der Waals surface area contributed by atoms with E-state index >= 15 is 0 Å². The maximum Gasteiger partial charge on any atom is 0.416 e. The van der Waals surface area contributed by atoms with Crippen LogP contribution >= 0.6 is 11.8 Å². The molecule has 0 aliphatic heterocycles. The molecule has 0 saturated carbocycles. The quantitative estimate of drug-likeness (QED) is 0.276. The molecular weight excluding hydrogens is 501 g/mol. The van der Waals surface area contributed by atoms with Crippen LogP contribution in [-0.2, 0) is 17.5 Å². The fourth-order valence-corrected chi connectivity index (χ4v) is 4.63. The molecule has 10 heteroatoms. The van der Waals surface area contributed by atoms with E-state index in [1.165, 1.54) is 23.9 Å². The predicted molar refractivity (Wildman–Crippen MR) is 140 cm³/mol. The lowest BCUT2D eigenvalue weighted by molar-refractivity contribution is -0.137. The largest absolute Gasteiger partial charge is 0.482 e. The number of rotatable bonds is 10. The highest BCUT2D eigenvalue weighted by molar-refractivity contribution is 8.00. The molecule has 0 bridgehead atoms. The minimum atomic E-state index is -4.49. The number of carbonyl (C=O) groups is 1. The Labute approximate surface area is 220 Å². The molecule has 1 heterocycles. The van der Waals surface area contributed by atoms with Crippen LogP contribution < -0.4 is 10.1 Å². The average Bonchev–Trinajstić information content (AvgIpc) is 3.20. The van der Waals surface area contributed by atoms with Gasteiger partial charge in [0.25, 0.3) is 0 Å². The predicted octanol–water partition coefficient (Wildman–Crippen LogP) is 7.34. The van der Waals surface area contributed by atoms with E-state index < -0.39 is 29.0 Å². The Morgan fingerprint density at radius 1 is 1.03 bits per heavy atom. The minimum Gasteiger partial charge on any atom is -0.482 e. The molecule has 2 aromatic carbocycles. The van der Waals surface area contributed by atoms with E-state index in [0.717, 1.165) is 23.4 Å². The van der Waals surface area contributed by atoms with E-state index in [9.17, 15) is 18.0 Å². The first-order chi connectivity index (χ1) is 17.4. The second-order valence-electron chi connectivity index (χ2n) is 9.63. The van der Waals surface area contributed by atoms with Crippen molar-refractivity contribution >= 4 is 23.4 Å². The average molecular weight is 535 g/mol. The van der Waals surface area contributed by atoms with Gasteiger partial charge in [0.05, 0.1) is 10.8 Å². The normalized spacial score (nSPS) is 13.6. The standard InChI is InChI=1S/C27H33F3N4O2S/c1-16(2)15-34-24(18(5)36-23-13-8-7-12-22(23)17(3)4)32-33-26(34)37-19(6)25(35)31-21-11-9-10-20(14-21)27(28,29)30/h7-14,16-19H,15H2,1-6H3,(H,31,35). The molecule has 6 nitrogen and oxygen atoms in total. The Morgan fingerprint density at radius 2 is 1.73 bits per heavy atom. The lowest BCUT2D eigenvalue weighted by Gasteiger charge is -2.21. The molecule has 0 radical (unpaired) electrons. The molecule has 37 heavy (non-hydrogen) atoms. The lowest BCUT2D eigenvalue weighted by atomic mass is 10.0. The third-order valence-corrected chi connectivity index (χ3v) is 6.69. The second kappa shape index (κ2) is 12.0. The van der Waals surface area contributed by atoms with Crippen LogP contribution in [0.5, 0.6) is 5.75 Å². The summed E-state index contributed by atoms with van der Waals surface area (Å²) in [5.41, 5.74) is 0.362. The SMILES string of the molecule is CC(C)Cn1c(SC(C)C(=O)Nc2cccc(C(F)(F)F)c2)nnc1C(C)Oc1ccccc1C(C)C. The number of alkyl halides is 3. The molecule has 0 aliphatic rings. The minimum absolute atomic E-state index is 0.0856. The van der Waals surface area contributed by atoms with Gasteiger partial charge in [-0.15, -0.1) is 10.2 Å². The van der Waals surface area contributed by atoms with Gasteiger partial charge >= 0.3 is 6.18 Å². The number of halogens is 3. The van der Waals surface area contributed by atoms with Crippen molar-refractivity contribution < 1.29 is 22.7 Å². The van der Waals surface area contributed by atoms with Crippen LogP contribution in [-0.4, -0.2) is 25.9 Å². The number of ether oxygens (including phenoxy) is 1. The summed E-state index contributed by atoms with van der Waals surface area (Å²) in [7, 11) is 0.